The number of benzene rings is 1. The van der Waals surface area contributed by atoms with E-state index in [1.165, 1.54) is 0 Å². The van der Waals surface area contributed by atoms with Gasteiger partial charge in [0, 0.05) is 6.42 Å². The lowest BCUT2D eigenvalue weighted by molar-refractivity contribution is 0.108. The lowest BCUT2D eigenvalue weighted by Gasteiger charge is -1.93. The summed E-state index contributed by atoms with van der Waals surface area (Å²) in [7, 11) is 0. The Hall–Kier alpha value is -1.97. The molecule has 0 unspecified atom stereocenters. The minimum absolute atomic E-state index is 0.0240. The Balaban J connectivity index is 2.15. The quantitative estimate of drug-likeness (QED) is 0.684. The number of hydrogen-bond acceptors (Lipinski definition) is 4. The SMILES string of the molecule is O=Cc1nc(Cc2ccccc2)no1. The number of rotatable bonds is 3. The van der Waals surface area contributed by atoms with Crippen molar-refractivity contribution in [2.45, 2.75) is 6.42 Å². The summed E-state index contributed by atoms with van der Waals surface area (Å²) in [6.45, 7) is 0. The first-order chi connectivity index (χ1) is 6.88. The van der Waals surface area contributed by atoms with E-state index in [1.807, 2.05) is 30.3 Å². The summed E-state index contributed by atoms with van der Waals surface area (Å²) < 4.78 is 4.66. The molecule has 2 rings (SSSR count). The van der Waals surface area contributed by atoms with Crippen LogP contribution in [0.25, 0.3) is 0 Å². The Bertz CT molecular complexity index is 423. The number of aromatic nitrogens is 2. The Morgan fingerprint density at radius 1 is 1.29 bits per heavy atom. The van der Waals surface area contributed by atoms with Gasteiger partial charge in [-0.05, 0) is 5.56 Å². The molecule has 14 heavy (non-hydrogen) atoms. The molecule has 4 heteroatoms. The molecular formula is C10H8N2O2. The zero-order chi connectivity index (χ0) is 9.80. The molecule has 1 heterocycles. The number of aldehydes is 1. The number of carbonyl (C=O) groups excluding carboxylic acids is 1. The van der Waals surface area contributed by atoms with Crippen molar-refractivity contribution in [3.8, 4) is 0 Å². The fourth-order valence-corrected chi connectivity index (χ4v) is 1.17. The molecule has 1 aromatic heterocycles. The van der Waals surface area contributed by atoms with Gasteiger partial charge in [0.15, 0.2) is 5.82 Å². The van der Waals surface area contributed by atoms with E-state index in [2.05, 4.69) is 14.7 Å². The van der Waals surface area contributed by atoms with Gasteiger partial charge in [-0.3, -0.25) is 4.79 Å². The van der Waals surface area contributed by atoms with E-state index in [0.717, 1.165) is 5.56 Å². The maximum atomic E-state index is 10.3. The summed E-state index contributed by atoms with van der Waals surface area (Å²) >= 11 is 0. The highest BCUT2D eigenvalue weighted by Crippen LogP contribution is 2.05. The fraction of sp³-hybridized carbons (Fsp3) is 0.100. The molecule has 0 saturated carbocycles. The molecule has 0 radical (unpaired) electrons. The predicted octanol–water partition coefficient (Wildman–Crippen LogP) is 1.47. The standard InChI is InChI=1S/C10H8N2O2/c13-7-10-11-9(12-14-10)6-8-4-2-1-3-5-8/h1-5,7H,6H2. The van der Waals surface area contributed by atoms with Crippen molar-refractivity contribution >= 4 is 6.29 Å². The van der Waals surface area contributed by atoms with E-state index in [-0.39, 0.29) is 5.89 Å². The second kappa shape index (κ2) is 3.83. The van der Waals surface area contributed by atoms with Crippen LogP contribution < -0.4 is 0 Å². The Morgan fingerprint density at radius 2 is 2.07 bits per heavy atom. The van der Waals surface area contributed by atoms with Crippen LogP contribution in [0.5, 0.6) is 0 Å². The summed E-state index contributed by atoms with van der Waals surface area (Å²) in [4.78, 5) is 14.2. The lowest BCUT2D eigenvalue weighted by atomic mass is 10.1. The maximum absolute atomic E-state index is 10.3. The van der Waals surface area contributed by atoms with Crippen LogP contribution in [0.1, 0.15) is 22.1 Å². The van der Waals surface area contributed by atoms with Crippen LogP contribution in [0, 0.1) is 0 Å². The first-order valence-corrected chi connectivity index (χ1v) is 4.20. The molecule has 0 amide bonds. The van der Waals surface area contributed by atoms with E-state index in [1.54, 1.807) is 0 Å². The van der Waals surface area contributed by atoms with Crippen LogP contribution in [0.2, 0.25) is 0 Å². The molecule has 70 valence electrons. The molecule has 0 spiro atoms. The van der Waals surface area contributed by atoms with Crippen molar-refractivity contribution in [2.75, 3.05) is 0 Å². The van der Waals surface area contributed by atoms with E-state index < -0.39 is 0 Å². The second-order valence-corrected chi connectivity index (χ2v) is 2.83. The zero-order valence-electron chi connectivity index (χ0n) is 7.38. The van der Waals surface area contributed by atoms with Gasteiger partial charge in [0.05, 0.1) is 0 Å². The average molecular weight is 188 g/mol. The Morgan fingerprint density at radius 3 is 2.71 bits per heavy atom. The van der Waals surface area contributed by atoms with Gasteiger partial charge in [-0.25, -0.2) is 0 Å². The van der Waals surface area contributed by atoms with Crippen LogP contribution in [-0.2, 0) is 6.42 Å². The van der Waals surface area contributed by atoms with Gasteiger partial charge in [-0.15, -0.1) is 0 Å². The summed E-state index contributed by atoms with van der Waals surface area (Å²) in [6, 6.07) is 9.76. The van der Waals surface area contributed by atoms with E-state index in [9.17, 15) is 4.79 Å². The summed E-state index contributed by atoms with van der Waals surface area (Å²) in [5.74, 6) is 0.550. The maximum Gasteiger partial charge on any atom is 0.290 e. The molecule has 0 fully saturated rings. The second-order valence-electron chi connectivity index (χ2n) is 2.83. The lowest BCUT2D eigenvalue weighted by Crippen LogP contribution is -1.90. The van der Waals surface area contributed by atoms with Gasteiger partial charge >= 0.3 is 0 Å². The van der Waals surface area contributed by atoms with Gasteiger partial charge in [-0.2, -0.15) is 4.98 Å². The van der Waals surface area contributed by atoms with Crippen molar-refractivity contribution in [3.63, 3.8) is 0 Å². The third-order valence-corrected chi connectivity index (χ3v) is 1.79. The molecule has 0 N–H and O–H groups in total. The van der Waals surface area contributed by atoms with Gasteiger partial charge < -0.3 is 4.52 Å². The van der Waals surface area contributed by atoms with Crippen LogP contribution in [-0.4, -0.2) is 16.4 Å². The van der Waals surface area contributed by atoms with Crippen molar-refractivity contribution in [1.82, 2.24) is 10.1 Å². The molecule has 2 aromatic rings. The first kappa shape index (κ1) is 8.62. The topological polar surface area (TPSA) is 56.0 Å². The van der Waals surface area contributed by atoms with Crippen LogP contribution >= 0.6 is 0 Å². The summed E-state index contributed by atoms with van der Waals surface area (Å²) in [5.41, 5.74) is 1.09. The normalized spacial score (nSPS) is 10.0. The first-order valence-electron chi connectivity index (χ1n) is 4.20. The van der Waals surface area contributed by atoms with Crippen molar-refractivity contribution in [2.24, 2.45) is 0 Å². The van der Waals surface area contributed by atoms with Gasteiger partial charge in [0.25, 0.3) is 5.89 Å². The molecule has 4 nitrogen and oxygen atoms in total. The summed E-state index contributed by atoms with van der Waals surface area (Å²) in [6.07, 6.45) is 1.12. The van der Waals surface area contributed by atoms with Gasteiger partial charge in [0.1, 0.15) is 0 Å². The Labute approximate surface area is 80.6 Å². The third kappa shape index (κ3) is 1.85. The predicted molar refractivity (Wildman–Crippen MR) is 48.9 cm³/mol. The Kier molecular flexibility index (Phi) is 2.36. The molecule has 0 aliphatic heterocycles. The molecule has 0 saturated heterocycles. The van der Waals surface area contributed by atoms with Crippen LogP contribution in [0.15, 0.2) is 34.9 Å². The van der Waals surface area contributed by atoms with Crippen molar-refractivity contribution in [3.05, 3.63) is 47.6 Å². The number of carbonyl (C=O) groups is 1. The largest absolute Gasteiger partial charge is 0.331 e. The smallest absolute Gasteiger partial charge is 0.290 e. The molecule has 0 atom stereocenters. The minimum atomic E-state index is 0.0240. The molecule has 0 bridgehead atoms. The van der Waals surface area contributed by atoms with Crippen molar-refractivity contribution < 1.29 is 9.32 Å². The van der Waals surface area contributed by atoms with Crippen LogP contribution in [0.3, 0.4) is 0 Å². The van der Waals surface area contributed by atoms with Gasteiger partial charge in [-0.1, -0.05) is 35.5 Å². The molecule has 0 aliphatic carbocycles. The van der Waals surface area contributed by atoms with Crippen molar-refractivity contribution in [1.29, 1.82) is 0 Å². The highest BCUT2D eigenvalue weighted by atomic mass is 16.5. The molecule has 1 aromatic carbocycles. The third-order valence-electron chi connectivity index (χ3n) is 1.79. The average Bonchev–Trinajstić information content (AvgIpc) is 2.67. The van der Waals surface area contributed by atoms with Gasteiger partial charge in [0.2, 0.25) is 6.29 Å². The van der Waals surface area contributed by atoms with E-state index in [4.69, 9.17) is 0 Å². The summed E-state index contributed by atoms with van der Waals surface area (Å²) in [5, 5.41) is 3.66. The minimum Gasteiger partial charge on any atom is -0.331 e. The molecular weight excluding hydrogens is 180 g/mol. The monoisotopic (exact) mass is 188 g/mol. The van der Waals surface area contributed by atoms with E-state index >= 15 is 0 Å². The number of nitrogens with zero attached hydrogens (tertiary/aromatic N) is 2. The highest BCUT2D eigenvalue weighted by Gasteiger charge is 2.04. The highest BCUT2D eigenvalue weighted by molar-refractivity contribution is 5.66. The fourth-order valence-electron chi connectivity index (χ4n) is 1.17. The number of hydrogen-bond donors (Lipinski definition) is 0. The van der Waals surface area contributed by atoms with Crippen LogP contribution in [0.4, 0.5) is 0 Å². The molecule has 0 aliphatic rings. The zero-order valence-corrected chi connectivity index (χ0v) is 7.38. The van der Waals surface area contributed by atoms with E-state index in [0.29, 0.717) is 18.5 Å².